The van der Waals surface area contributed by atoms with Gasteiger partial charge in [0.2, 0.25) is 0 Å². The molecule has 1 saturated heterocycles. The lowest BCUT2D eigenvalue weighted by molar-refractivity contribution is -0.0506. The van der Waals surface area contributed by atoms with E-state index in [1.54, 1.807) is 4.68 Å². The van der Waals surface area contributed by atoms with Crippen LogP contribution in [-0.2, 0) is 13.6 Å². The molecular weight excluding hydrogens is 397 g/mol. The normalized spacial score (nSPS) is 17.3. The highest BCUT2D eigenvalue weighted by molar-refractivity contribution is 5.80. The van der Waals surface area contributed by atoms with Crippen molar-refractivity contribution < 1.29 is 17.9 Å². The fourth-order valence-corrected chi connectivity index (χ4v) is 3.47. The third-order valence-electron chi connectivity index (χ3n) is 4.85. The van der Waals surface area contributed by atoms with Crippen LogP contribution in [0, 0.1) is 5.82 Å². The summed E-state index contributed by atoms with van der Waals surface area (Å²) in [6.45, 7) is 1.11. The molecule has 10 heteroatoms. The van der Waals surface area contributed by atoms with E-state index in [0.717, 1.165) is 31.6 Å². The standard InChI is InChI=1S/C20H27F3N6O/c1-3-24-20(25-11-16-17(21)7-4-8-18(16)30-19(22)23)27-14-6-5-9-29(12-14)15-10-26-28(2)13-15/h4,7-8,10,13-14,19H,3,5-6,9,11-12H2,1-2H3,(H2,24,25,27). The Balaban J connectivity index is 1.69. The number of hydrogen-bond donors (Lipinski definition) is 2. The third-order valence-corrected chi connectivity index (χ3v) is 4.85. The van der Waals surface area contributed by atoms with Crippen LogP contribution in [0.3, 0.4) is 0 Å². The van der Waals surface area contributed by atoms with Crippen LogP contribution in [0.15, 0.2) is 35.6 Å². The molecule has 0 bridgehead atoms. The van der Waals surface area contributed by atoms with E-state index in [1.165, 1.54) is 18.2 Å². The smallest absolute Gasteiger partial charge is 0.387 e. The third kappa shape index (κ3) is 5.80. The first-order chi connectivity index (χ1) is 14.5. The summed E-state index contributed by atoms with van der Waals surface area (Å²) in [5.74, 6) is -0.333. The summed E-state index contributed by atoms with van der Waals surface area (Å²) in [6.07, 6.45) is 5.78. The van der Waals surface area contributed by atoms with E-state index in [9.17, 15) is 13.2 Å². The maximum atomic E-state index is 14.2. The zero-order chi connectivity index (χ0) is 21.5. The molecule has 1 atom stereocenters. The van der Waals surface area contributed by atoms with Gasteiger partial charge in [0.1, 0.15) is 11.6 Å². The molecule has 1 fully saturated rings. The van der Waals surface area contributed by atoms with Crippen molar-refractivity contribution in [3.63, 3.8) is 0 Å². The summed E-state index contributed by atoms with van der Waals surface area (Å²) in [5.41, 5.74) is 1.06. The fraction of sp³-hybridized carbons (Fsp3) is 0.500. The van der Waals surface area contributed by atoms with E-state index in [4.69, 9.17) is 0 Å². The number of aliphatic imine (C=N–C) groups is 1. The Labute approximate surface area is 173 Å². The first kappa shape index (κ1) is 21.8. The zero-order valence-electron chi connectivity index (χ0n) is 17.1. The molecule has 1 unspecified atom stereocenters. The van der Waals surface area contributed by atoms with Gasteiger partial charge in [-0.25, -0.2) is 9.38 Å². The Kier molecular flexibility index (Phi) is 7.42. The quantitative estimate of drug-likeness (QED) is 0.529. The molecule has 3 rings (SSSR count). The SMILES string of the molecule is CCNC(=NCc1c(F)cccc1OC(F)F)NC1CCCN(c2cnn(C)c2)C1. The largest absolute Gasteiger partial charge is 0.434 e. The number of benzene rings is 1. The van der Waals surface area contributed by atoms with Gasteiger partial charge in [0.25, 0.3) is 0 Å². The second-order valence-corrected chi connectivity index (χ2v) is 7.09. The van der Waals surface area contributed by atoms with Crippen LogP contribution in [0.1, 0.15) is 25.3 Å². The highest BCUT2D eigenvalue weighted by Gasteiger charge is 2.22. The number of ether oxygens (including phenoxy) is 1. The minimum atomic E-state index is -3.03. The van der Waals surface area contributed by atoms with Gasteiger partial charge >= 0.3 is 6.61 Å². The molecule has 164 valence electrons. The van der Waals surface area contributed by atoms with Crippen LogP contribution in [-0.4, -0.2) is 48.0 Å². The van der Waals surface area contributed by atoms with Crippen molar-refractivity contribution in [3.8, 4) is 5.75 Å². The van der Waals surface area contributed by atoms with E-state index < -0.39 is 12.4 Å². The number of piperidine rings is 1. The number of guanidine groups is 1. The first-order valence-electron chi connectivity index (χ1n) is 9.97. The van der Waals surface area contributed by atoms with Crippen LogP contribution in [0.4, 0.5) is 18.9 Å². The van der Waals surface area contributed by atoms with E-state index in [0.29, 0.717) is 12.5 Å². The Morgan fingerprint density at radius 3 is 2.93 bits per heavy atom. The lowest BCUT2D eigenvalue weighted by Gasteiger charge is -2.34. The van der Waals surface area contributed by atoms with Crippen molar-refractivity contribution in [2.75, 3.05) is 24.5 Å². The van der Waals surface area contributed by atoms with Crippen molar-refractivity contribution in [2.24, 2.45) is 12.0 Å². The van der Waals surface area contributed by atoms with Gasteiger partial charge in [0.15, 0.2) is 5.96 Å². The second kappa shape index (κ2) is 10.2. The Hall–Kier alpha value is -2.91. The molecule has 1 aromatic heterocycles. The minimum absolute atomic E-state index is 0.00404. The van der Waals surface area contributed by atoms with Gasteiger partial charge in [0.05, 0.1) is 24.0 Å². The van der Waals surface area contributed by atoms with E-state index in [-0.39, 0.29) is 23.9 Å². The topological polar surface area (TPSA) is 66.7 Å². The molecule has 0 spiro atoms. The molecule has 0 amide bonds. The Morgan fingerprint density at radius 2 is 2.23 bits per heavy atom. The number of rotatable bonds is 7. The van der Waals surface area contributed by atoms with Crippen molar-refractivity contribution in [3.05, 3.63) is 42.0 Å². The molecule has 1 aliphatic rings. The highest BCUT2D eigenvalue weighted by atomic mass is 19.3. The average Bonchev–Trinajstić information content (AvgIpc) is 3.14. The molecule has 2 N–H and O–H groups in total. The number of halogens is 3. The molecule has 7 nitrogen and oxygen atoms in total. The molecule has 1 aliphatic heterocycles. The molecule has 2 aromatic rings. The highest BCUT2D eigenvalue weighted by Crippen LogP contribution is 2.24. The molecule has 2 heterocycles. The summed E-state index contributed by atoms with van der Waals surface area (Å²) in [4.78, 5) is 6.66. The molecule has 1 aromatic carbocycles. The maximum Gasteiger partial charge on any atom is 0.387 e. The molecular formula is C20H27F3N6O. The fourth-order valence-electron chi connectivity index (χ4n) is 3.47. The van der Waals surface area contributed by atoms with Gasteiger partial charge in [-0.1, -0.05) is 6.07 Å². The molecule has 0 saturated carbocycles. The summed E-state index contributed by atoms with van der Waals surface area (Å²) in [5, 5.41) is 10.7. The monoisotopic (exact) mass is 424 g/mol. The van der Waals surface area contributed by atoms with Crippen molar-refractivity contribution >= 4 is 11.6 Å². The maximum absolute atomic E-state index is 14.2. The predicted molar refractivity (Wildman–Crippen MR) is 109 cm³/mol. The van der Waals surface area contributed by atoms with Crippen LogP contribution in [0.2, 0.25) is 0 Å². The number of aromatic nitrogens is 2. The summed E-state index contributed by atoms with van der Waals surface area (Å²) >= 11 is 0. The van der Waals surface area contributed by atoms with Crippen LogP contribution in [0.5, 0.6) is 5.75 Å². The second-order valence-electron chi connectivity index (χ2n) is 7.09. The van der Waals surface area contributed by atoms with Crippen LogP contribution in [0.25, 0.3) is 0 Å². The molecule has 30 heavy (non-hydrogen) atoms. The predicted octanol–water partition coefficient (Wildman–Crippen LogP) is 2.88. The van der Waals surface area contributed by atoms with E-state index in [2.05, 4.69) is 30.4 Å². The zero-order valence-corrected chi connectivity index (χ0v) is 17.1. The number of aryl methyl sites for hydroxylation is 1. The lowest BCUT2D eigenvalue weighted by Crippen LogP contribution is -2.51. The van der Waals surface area contributed by atoms with E-state index >= 15 is 0 Å². The van der Waals surface area contributed by atoms with Crippen LogP contribution < -0.4 is 20.3 Å². The van der Waals surface area contributed by atoms with Crippen molar-refractivity contribution in [2.45, 2.75) is 39.0 Å². The van der Waals surface area contributed by atoms with Gasteiger partial charge in [-0.2, -0.15) is 13.9 Å². The number of anilines is 1. The van der Waals surface area contributed by atoms with Crippen molar-refractivity contribution in [1.82, 2.24) is 20.4 Å². The average molecular weight is 424 g/mol. The number of nitrogens with zero attached hydrogens (tertiary/aromatic N) is 4. The van der Waals surface area contributed by atoms with E-state index in [1.807, 2.05) is 26.4 Å². The van der Waals surface area contributed by atoms with Gasteiger partial charge in [-0.3, -0.25) is 4.68 Å². The number of nitrogens with one attached hydrogen (secondary N) is 2. The number of alkyl halides is 2. The summed E-state index contributed by atoms with van der Waals surface area (Å²) < 4.78 is 45.6. The van der Waals surface area contributed by atoms with Crippen LogP contribution >= 0.6 is 0 Å². The summed E-state index contributed by atoms with van der Waals surface area (Å²) in [7, 11) is 1.88. The van der Waals surface area contributed by atoms with Gasteiger partial charge in [-0.15, -0.1) is 0 Å². The Morgan fingerprint density at radius 1 is 1.40 bits per heavy atom. The van der Waals surface area contributed by atoms with Gasteiger partial charge in [0, 0.05) is 38.9 Å². The van der Waals surface area contributed by atoms with Gasteiger partial charge in [-0.05, 0) is 31.9 Å². The minimum Gasteiger partial charge on any atom is -0.434 e. The lowest BCUT2D eigenvalue weighted by atomic mass is 10.1. The summed E-state index contributed by atoms with van der Waals surface area (Å²) in [6, 6.07) is 3.98. The Bertz CT molecular complexity index is 857. The van der Waals surface area contributed by atoms with Crippen molar-refractivity contribution in [1.29, 1.82) is 0 Å². The number of hydrogen-bond acceptors (Lipinski definition) is 4. The first-order valence-corrected chi connectivity index (χ1v) is 9.97. The molecule has 0 radical (unpaired) electrons. The van der Waals surface area contributed by atoms with Gasteiger partial charge < -0.3 is 20.3 Å². The molecule has 0 aliphatic carbocycles.